The molecule has 2 heteroatoms. The Morgan fingerprint density at radius 2 is 2.40 bits per heavy atom. The molecule has 1 heterocycles. The number of pyridine rings is 1. The molecule has 1 N–H and O–H groups in total. The highest BCUT2D eigenvalue weighted by Gasteiger charge is 2.06. The van der Waals surface area contributed by atoms with Crippen LogP contribution in [0.15, 0.2) is 31.0 Å². The number of hydrogen-bond acceptors (Lipinski definition) is 2. The van der Waals surface area contributed by atoms with Crippen molar-refractivity contribution < 1.29 is 0 Å². The third-order valence-corrected chi connectivity index (χ3v) is 2.56. The highest BCUT2D eigenvalue weighted by molar-refractivity contribution is 5.43. The van der Waals surface area contributed by atoms with E-state index in [-0.39, 0.29) is 0 Å². The van der Waals surface area contributed by atoms with Gasteiger partial charge in [-0.25, -0.2) is 4.98 Å². The smallest absolute Gasteiger partial charge is 0.129 e. The Hall–Kier alpha value is -1.31. The SMILES string of the molecule is C=CCCC(CC)Nc1ncccc1C. The molecule has 1 unspecified atom stereocenters. The molecule has 1 rings (SSSR count). The molecule has 0 saturated heterocycles. The average molecular weight is 204 g/mol. The molecule has 0 aliphatic carbocycles. The third-order valence-electron chi connectivity index (χ3n) is 2.56. The van der Waals surface area contributed by atoms with E-state index in [0.29, 0.717) is 6.04 Å². The molecule has 0 aromatic carbocycles. The van der Waals surface area contributed by atoms with Crippen LogP contribution in [0.1, 0.15) is 31.7 Å². The average Bonchev–Trinajstić information content (AvgIpc) is 2.26. The highest BCUT2D eigenvalue weighted by atomic mass is 15.0. The lowest BCUT2D eigenvalue weighted by molar-refractivity contribution is 0.638. The molecule has 0 amide bonds. The van der Waals surface area contributed by atoms with Crippen molar-refractivity contribution in [2.24, 2.45) is 0 Å². The topological polar surface area (TPSA) is 24.9 Å². The van der Waals surface area contributed by atoms with Crippen molar-refractivity contribution in [3.63, 3.8) is 0 Å². The van der Waals surface area contributed by atoms with Gasteiger partial charge in [-0.1, -0.05) is 19.1 Å². The minimum absolute atomic E-state index is 0.497. The number of rotatable bonds is 6. The second kappa shape index (κ2) is 6.23. The van der Waals surface area contributed by atoms with Crippen LogP contribution in [0.25, 0.3) is 0 Å². The fourth-order valence-electron chi connectivity index (χ4n) is 1.53. The van der Waals surface area contributed by atoms with Crippen molar-refractivity contribution in [1.29, 1.82) is 0 Å². The van der Waals surface area contributed by atoms with Gasteiger partial charge < -0.3 is 5.32 Å². The third kappa shape index (κ3) is 3.74. The monoisotopic (exact) mass is 204 g/mol. The van der Waals surface area contributed by atoms with Crippen LogP contribution in [0.5, 0.6) is 0 Å². The van der Waals surface area contributed by atoms with Crippen LogP contribution in [-0.2, 0) is 0 Å². The Labute approximate surface area is 92.4 Å². The van der Waals surface area contributed by atoms with Crippen LogP contribution < -0.4 is 5.32 Å². The largest absolute Gasteiger partial charge is 0.367 e. The highest BCUT2D eigenvalue weighted by Crippen LogP contribution is 2.14. The molecule has 82 valence electrons. The lowest BCUT2D eigenvalue weighted by Crippen LogP contribution is -2.19. The summed E-state index contributed by atoms with van der Waals surface area (Å²) in [6.45, 7) is 8.02. The number of aryl methyl sites for hydroxylation is 1. The van der Waals surface area contributed by atoms with E-state index in [0.717, 1.165) is 25.1 Å². The van der Waals surface area contributed by atoms with Gasteiger partial charge in [0.15, 0.2) is 0 Å². The first-order valence-electron chi connectivity index (χ1n) is 5.57. The van der Waals surface area contributed by atoms with Crippen LogP contribution in [0.3, 0.4) is 0 Å². The van der Waals surface area contributed by atoms with E-state index in [1.807, 2.05) is 18.3 Å². The summed E-state index contributed by atoms with van der Waals surface area (Å²) in [5.41, 5.74) is 1.20. The molecule has 0 radical (unpaired) electrons. The van der Waals surface area contributed by atoms with Gasteiger partial charge in [0, 0.05) is 12.2 Å². The van der Waals surface area contributed by atoms with Gasteiger partial charge in [0.25, 0.3) is 0 Å². The second-order valence-electron chi connectivity index (χ2n) is 3.78. The lowest BCUT2D eigenvalue weighted by Gasteiger charge is -2.17. The number of hydrogen-bond donors (Lipinski definition) is 1. The first-order chi connectivity index (χ1) is 7.27. The van der Waals surface area contributed by atoms with Gasteiger partial charge in [0.05, 0.1) is 0 Å². The van der Waals surface area contributed by atoms with E-state index in [1.165, 1.54) is 5.56 Å². The van der Waals surface area contributed by atoms with Gasteiger partial charge in [-0.3, -0.25) is 0 Å². The van der Waals surface area contributed by atoms with E-state index >= 15 is 0 Å². The minimum Gasteiger partial charge on any atom is -0.367 e. The maximum atomic E-state index is 4.34. The molecular weight excluding hydrogens is 184 g/mol. The predicted molar refractivity (Wildman–Crippen MR) is 66.1 cm³/mol. The second-order valence-corrected chi connectivity index (χ2v) is 3.78. The number of aromatic nitrogens is 1. The van der Waals surface area contributed by atoms with E-state index in [4.69, 9.17) is 0 Å². The normalized spacial score (nSPS) is 12.1. The van der Waals surface area contributed by atoms with E-state index < -0.39 is 0 Å². The zero-order valence-electron chi connectivity index (χ0n) is 9.66. The molecule has 0 spiro atoms. The molecule has 1 aromatic rings. The molecule has 0 bridgehead atoms. The van der Waals surface area contributed by atoms with Gasteiger partial charge in [-0.2, -0.15) is 0 Å². The van der Waals surface area contributed by atoms with Crippen LogP contribution in [0.2, 0.25) is 0 Å². The van der Waals surface area contributed by atoms with Gasteiger partial charge in [0.2, 0.25) is 0 Å². The maximum absolute atomic E-state index is 4.34. The van der Waals surface area contributed by atoms with Crippen molar-refractivity contribution in [3.05, 3.63) is 36.5 Å². The standard InChI is InChI=1S/C13H20N2/c1-4-6-9-12(5-2)15-13-11(3)8-7-10-14-13/h4,7-8,10,12H,1,5-6,9H2,2-3H3,(H,14,15). The van der Waals surface area contributed by atoms with Crippen molar-refractivity contribution in [2.75, 3.05) is 5.32 Å². The summed E-state index contributed by atoms with van der Waals surface area (Å²) in [5.74, 6) is 1.01. The van der Waals surface area contributed by atoms with Gasteiger partial charge in [-0.15, -0.1) is 6.58 Å². The Balaban J connectivity index is 2.58. The Bertz CT molecular complexity index is 307. The molecule has 0 saturated carbocycles. The van der Waals surface area contributed by atoms with Crippen molar-refractivity contribution in [3.8, 4) is 0 Å². The number of nitrogens with one attached hydrogen (secondary N) is 1. The first-order valence-corrected chi connectivity index (χ1v) is 5.57. The fourth-order valence-corrected chi connectivity index (χ4v) is 1.53. The summed E-state index contributed by atoms with van der Waals surface area (Å²) in [4.78, 5) is 4.34. The summed E-state index contributed by atoms with van der Waals surface area (Å²) in [7, 11) is 0. The van der Waals surface area contributed by atoms with Gasteiger partial charge in [-0.05, 0) is 37.8 Å². The first kappa shape index (κ1) is 11.8. The van der Waals surface area contributed by atoms with E-state index in [9.17, 15) is 0 Å². The van der Waals surface area contributed by atoms with Crippen LogP contribution in [0, 0.1) is 6.92 Å². The van der Waals surface area contributed by atoms with Crippen molar-refractivity contribution in [1.82, 2.24) is 4.98 Å². The summed E-state index contributed by atoms with van der Waals surface area (Å²) in [6.07, 6.45) is 7.09. The minimum atomic E-state index is 0.497. The molecule has 0 aliphatic rings. The summed E-state index contributed by atoms with van der Waals surface area (Å²) in [5, 5.41) is 3.47. The Kier molecular flexibility index (Phi) is 4.88. The quantitative estimate of drug-likeness (QED) is 0.717. The van der Waals surface area contributed by atoms with Crippen LogP contribution in [-0.4, -0.2) is 11.0 Å². The van der Waals surface area contributed by atoms with E-state index in [1.54, 1.807) is 0 Å². The zero-order valence-corrected chi connectivity index (χ0v) is 9.66. The van der Waals surface area contributed by atoms with Crippen LogP contribution >= 0.6 is 0 Å². The zero-order chi connectivity index (χ0) is 11.1. The van der Waals surface area contributed by atoms with Gasteiger partial charge in [0.1, 0.15) is 5.82 Å². The Morgan fingerprint density at radius 3 is 3.00 bits per heavy atom. The van der Waals surface area contributed by atoms with Gasteiger partial charge >= 0.3 is 0 Å². The van der Waals surface area contributed by atoms with Crippen molar-refractivity contribution >= 4 is 5.82 Å². The van der Waals surface area contributed by atoms with Crippen molar-refractivity contribution in [2.45, 2.75) is 39.2 Å². The molecule has 2 nitrogen and oxygen atoms in total. The predicted octanol–water partition coefficient (Wildman–Crippen LogP) is 3.55. The molecule has 15 heavy (non-hydrogen) atoms. The summed E-state index contributed by atoms with van der Waals surface area (Å²) >= 11 is 0. The molecule has 1 aromatic heterocycles. The maximum Gasteiger partial charge on any atom is 0.129 e. The number of allylic oxidation sites excluding steroid dienone is 1. The molecular formula is C13H20N2. The molecule has 1 atom stereocenters. The number of anilines is 1. The van der Waals surface area contributed by atoms with E-state index in [2.05, 4.69) is 36.8 Å². The summed E-state index contributed by atoms with van der Waals surface area (Å²) in [6, 6.07) is 4.54. The fraction of sp³-hybridized carbons (Fsp3) is 0.462. The Morgan fingerprint density at radius 1 is 1.60 bits per heavy atom. The number of nitrogens with zero attached hydrogens (tertiary/aromatic N) is 1. The lowest BCUT2D eigenvalue weighted by atomic mass is 10.1. The molecule has 0 fully saturated rings. The summed E-state index contributed by atoms with van der Waals surface area (Å²) < 4.78 is 0. The van der Waals surface area contributed by atoms with Crippen LogP contribution in [0.4, 0.5) is 5.82 Å². The molecule has 0 aliphatic heterocycles.